The minimum atomic E-state index is -4.09. The number of nitro benzene ring substituents is 1. The number of amides is 2. The number of nitrogens with one attached hydrogen (secondary N) is 1. The molecule has 1 atom stereocenters. The zero-order valence-corrected chi connectivity index (χ0v) is 25.8. The minimum absolute atomic E-state index is 0.00324. The first kappa shape index (κ1) is 32.6. The van der Waals surface area contributed by atoms with Crippen molar-refractivity contribution in [1.82, 2.24) is 10.2 Å². The lowest BCUT2D eigenvalue weighted by Gasteiger charge is -2.35. The monoisotopic (exact) mass is 614 g/mol. The number of rotatable bonds is 11. The molecule has 0 spiro atoms. The number of hydrogen-bond donors (Lipinski definition) is 1. The number of carbonyl (C=O) groups is 2. The van der Waals surface area contributed by atoms with Crippen molar-refractivity contribution < 1.29 is 22.9 Å². The number of sulfonamides is 1. The summed E-state index contributed by atoms with van der Waals surface area (Å²) in [6, 6.07) is 18.8. The van der Waals surface area contributed by atoms with Gasteiger partial charge in [-0.3, -0.25) is 24.0 Å². The first-order valence-electron chi connectivity index (χ1n) is 13.2. The van der Waals surface area contributed by atoms with Gasteiger partial charge in [0.1, 0.15) is 12.6 Å². The van der Waals surface area contributed by atoms with Crippen LogP contribution in [0.4, 0.5) is 11.4 Å². The third-order valence-corrected chi connectivity index (χ3v) is 7.91. The van der Waals surface area contributed by atoms with Gasteiger partial charge >= 0.3 is 0 Å². The molecular weight excluding hydrogens is 580 g/mol. The average Bonchev–Trinajstić information content (AvgIpc) is 2.89. The van der Waals surface area contributed by atoms with E-state index in [1.807, 2.05) is 51.1 Å². The van der Waals surface area contributed by atoms with E-state index in [-0.39, 0.29) is 24.3 Å². The number of aryl methyl sites for hydroxylation is 1. The molecule has 1 N–H and O–H groups in total. The maximum atomic E-state index is 14.2. The molecule has 0 heterocycles. The Bertz CT molecular complexity index is 1560. The van der Waals surface area contributed by atoms with Crippen molar-refractivity contribution >= 4 is 44.8 Å². The summed E-state index contributed by atoms with van der Waals surface area (Å²) in [4.78, 5) is 40.1. The van der Waals surface area contributed by atoms with Crippen LogP contribution in [0.5, 0.6) is 0 Å². The summed E-state index contributed by atoms with van der Waals surface area (Å²) in [6.07, 6.45) is 1.07. The highest BCUT2D eigenvalue weighted by Gasteiger charge is 2.35. The highest BCUT2D eigenvalue weighted by molar-refractivity contribution is 7.92. The molecular formula is C30H35ClN4O6S. The Hall–Kier alpha value is -3.96. The van der Waals surface area contributed by atoms with E-state index >= 15 is 0 Å². The van der Waals surface area contributed by atoms with E-state index in [2.05, 4.69) is 5.32 Å². The Kier molecular flexibility index (Phi) is 10.3. The van der Waals surface area contributed by atoms with E-state index in [0.29, 0.717) is 16.1 Å². The van der Waals surface area contributed by atoms with E-state index in [9.17, 15) is 28.1 Å². The average molecular weight is 615 g/mol. The van der Waals surface area contributed by atoms with Crippen LogP contribution >= 0.6 is 11.6 Å². The zero-order chi connectivity index (χ0) is 31.2. The van der Waals surface area contributed by atoms with Crippen LogP contribution in [-0.2, 0) is 32.6 Å². The summed E-state index contributed by atoms with van der Waals surface area (Å²) < 4.78 is 26.8. The van der Waals surface area contributed by atoms with Crippen molar-refractivity contribution in [1.29, 1.82) is 0 Å². The van der Waals surface area contributed by atoms with Gasteiger partial charge in [-0.25, -0.2) is 8.42 Å². The van der Waals surface area contributed by atoms with Crippen LogP contribution in [0, 0.1) is 17.0 Å². The maximum absolute atomic E-state index is 14.2. The van der Waals surface area contributed by atoms with Crippen molar-refractivity contribution in [3.8, 4) is 0 Å². The topological polar surface area (TPSA) is 130 Å². The van der Waals surface area contributed by atoms with Crippen LogP contribution < -0.4 is 9.62 Å². The fourth-order valence-corrected chi connectivity index (χ4v) is 5.49. The van der Waals surface area contributed by atoms with Crippen LogP contribution in [0.25, 0.3) is 0 Å². The van der Waals surface area contributed by atoms with Gasteiger partial charge in [0.25, 0.3) is 5.69 Å². The molecule has 0 unspecified atom stereocenters. The lowest BCUT2D eigenvalue weighted by Crippen LogP contribution is -2.56. The SMILES string of the molecule is Cc1ccc([N+](=O)[O-])cc1N(CC(=O)N(Cc1ccccc1Cl)[C@@H](Cc1ccccc1)C(=O)NC(C)(C)C)S(C)(=O)=O. The number of non-ortho nitro benzene ring substituents is 1. The van der Waals surface area contributed by atoms with Crippen molar-refractivity contribution in [3.05, 3.63) is 105 Å². The summed E-state index contributed by atoms with van der Waals surface area (Å²) in [5.41, 5.74) is 0.823. The molecule has 0 saturated carbocycles. The second kappa shape index (κ2) is 13.3. The molecule has 0 aliphatic carbocycles. The van der Waals surface area contributed by atoms with Gasteiger partial charge in [-0.15, -0.1) is 0 Å². The maximum Gasteiger partial charge on any atom is 0.271 e. The van der Waals surface area contributed by atoms with Crippen LogP contribution in [0.3, 0.4) is 0 Å². The molecule has 0 saturated heterocycles. The summed E-state index contributed by atoms with van der Waals surface area (Å²) in [5, 5.41) is 14.8. The third-order valence-electron chi connectivity index (χ3n) is 6.42. The Morgan fingerprint density at radius 2 is 1.64 bits per heavy atom. The van der Waals surface area contributed by atoms with Gasteiger partial charge in [0.15, 0.2) is 0 Å². The normalized spacial score (nSPS) is 12.3. The molecule has 3 aromatic rings. The molecule has 0 radical (unpaired) electrons. The number of carbonyl (C=O) groups excluding carboxylic acids is 2. The van der Waals surface area contributed by atoms with Crippen LogP contribution in [0.1, 0.15) is 37.5 Å². The predicted molar refractivity (Wildman–Crippen MR) is 164 cm³/mol. The molecule has 0 fully saturated rings. The molecule has 12 heteroatoms. The van der Waals surface area contributed by atoms with Crippen molar-refractivity contribution in [2.75, 3.05) is 17.1 Å². The summed E-state index contributed by atoms with van der Waals surface area (Å²) in [7, 11) is -4.09. The van der Waals surface area contributed by atoms with Crippen LogP contribution in [-0.4, -0.2) is 54.4 Å². The molecule has 0 bridgehead atoms. The number of halogens is 1. The van der Waals surface area contributed by atoms with Gasteiger partial charge in [-0.05, 0) is 50.5 Å². The Morgan fingerprint density at radius 1 is 1.02 bits per heavy atom. The largest absolute Gasteiger partial charge is 0.350 e. The van der Waals surface area contributed by atoms with Gasteiger partial charge < -0.3 is 10.2 Å². The molecule has 3 aromatic carbocycles. The third kappa shape index (κ3) is 8.77. The highest BCUT2D eigenvalue weighted by atomic mass is 35.5. The van der Waals surface area contributed by atoms with Crippen LogP contribution in [0.15, 0.2) is 72.8 Å². The molecule has 0 aliphatic rings. The van der Waals surface area contributed by atoms with Gasteiger partial charge in [-0.1, -0.05) is 66.2 Å². The Balaban J connectivity index is 2.14. The lowest BCUT2D eigenvalue weighted by atomic mass is 10.0. The van der Waals surface area contributed by atoms with Crippen molar-refractivity contribution in [2.45, 2.75) is 52.2 Å². The van der Waals surface area contributed by atoms with Crippen LogP contribution in [0.2, 0.25) is 5.02 Å². The van der Waals surface area contributed by atoms with Crippen molar-refractivity contribution in [3.63, 3.8) is 0 Å². The first-order chi connectivity index (χ1) is 19.6. The molecule has 0 aliphatic heterocycles. The van der Waals surface area contributed by atoms with Gasteiger partial charge in [0.2, 0.25) is 21.8 Å². The Labute approximate surface area is 251 Å². The second-order valence-electron chi connectivity index (χ2n) is 11.1. The molecule has 0 aromatic heterocycles. The standard InChI is InChI=1S/C30H35ClN4O6S/c1-21-15-16-24(35(38)39)18-26(21)34(42(5,40)41)20-28(36)33(19-23-13-9-10-14-25(23)31)27(29(37)32-30(2,3)4)17-22-11-7-6-8-12-22/h6-16,18,27H,17,19-20H2,1-5H3,(H,32,37)/t27-/m0/s1. The number of nitro groups is 1. The van der Waals surface area contributed by atoms with Gasteiger partial charge in [0.05, 0.1) is 16.9 Å². The van der Waals surface area contributed by atoms with E-state index in [0.717, 1.165) is 22.2 Å². The molecule has 10 nitrogen and oxygen atoms in total. The van der Waals surface area contributed by atoms with E-state index in [1.165, 1.54) is 17.0 Å². The van der Waals surface area contributed by atoms with Crippen molar-refractivity contribution in [2.24, 2.45) is 0 Å². The second-order valence-corrected chi connectivity index (χ2v) is 13.4. The number of nitrogens with zero attached hydrogens (tertiary/aromatic N) is 3. The first-order valence-corrected chi connectivity index (χ1v) is 15.4. The van der Waals surface area contributed by atoms with E-state index < -0.39 is 44.9 Å². The highest BCUT2D eigenvalue weighted by Crippen LogP contribution is 2.28. The van der Waals surface area contributed by atoms with E-state index in [1.54, 1.807) is 31.2 Å². The number of hydrogen-bond acceptors (Lipinski definition) is 6. The number of anilines is 1. The molecule has 3 rings (SSSR count). The quantitative estimate of drug-likeness (QED) is 0.242. The van der Waals surface area contributed by atoms with E-state index in [4.69, 9.17) is 11.6 Å². The summed E-state index contributed by atoms with van der Waals surface area (Å²) in [6.45, 7) is 6.28. The molecule has 224 valence electrons. The Morgan fingerprint density at radius 3 is 2.21 bits per heavy atom. The summed E-state index contributed by atoms with van der Waals surface area (Å²) >= 11 is 6.46. The smallest absolute Gasteiger partial charge is 0.271 e. The van der Waals surface area contributed by atoms with Gasteiger partial charge in [0, 0.05) is 35.7 Å². The lowest BCUT2D eigenvalue weighted by molar-refractivity contribution is -0.384. The number of benzene rings is 3. The zero-order valence-electron chi connectivity index (χ0n) is 24.2. The predicted octanol–water partition coefficient (Wildman–Crippen LogP) is 4.88. The minimum Gasteiger partial charge on any atom is -0.350 e. The molecule has 2 amide bonds. The van der Waals surface area contributed by atoms with Gasteiger partial charge in [-0.2, -0.15) is 0 Å². The fraction of sp³-hybridized carbons (Fsp3) is 0.333. The summed E-state index contributed by atoms with van der Waals surface area (Å²) in [5.74, 6) is -1.11. The molecule has 42 heavy (non-hydrogen) atoms. The fourth-order valence-electron chi connectivity index (χ4n) is 4.39.